The zero-order valence-electron chi connectivity index (χ0n) is 96.8. The van der Waals surface area contributed by atoms with E-state index in [9.17, 15) is 38.4 Å². The lowest BCUT2D eigenvalue weighted by Gasteiger charge is -2.29. The van der Waals surface area contributed by atoms with Gasteiger partial charge in [-0.1, -0.05) is 263 Å². The Balaban J connectivity index is 1.06. The summed E-state index contributed by atoms with van der Waals surface area (Å²) in [7, 11) is 0. The second-order valence-electron chi connectivity index (χ2n) is 48.2. The second kappa shape index (κ2) is 50.9. The third-order valence-corrected chi connectivity index (χ3v) is 28.1. The van der Waals surface area contributed by atoms with Gasteiger partial charge in [-0.15, -0.1) is 0 Å². The number of fused-ring (bicyclic) bond motifs is 16. The van der Waals surface area contributed by atoms with E-state index >= 15 is 0 Å². The largest absolute Gasteiger partial charge is 0.483 e. The first kappa shape index (κ1) is 120. The number of rotatable bonds is 38. The number of nitrogens with zero attached hydrogens (tertiary/aromatic N) is 3. The maximum atomic E-state index is 15.0. The minimum absolute atomic E-state index is 0.133. The van der Waals surface area contributed by atoms with Crippen LogP contribution in [0.25, 0.3) is 0 Å². The lowest BCUT2D eigenvalue weighted by atomic mass is 9.79. The molecule has 0 atom stereocenters. The molecule has 0 saturated heterocycles. The van der Waals surface area contributed by atoms with Gasteiger partial charge in [-0.2, -0.15) is 0 Å². The van der Waals surface area contributed by atoms with Crippen LogP contribution < -0.4 is 48.5 Å². The summed E-state index contributed by atoms with van der Waals surface area (Å²) >= 11 is 0. The molecule has 818 valence electrons. The zero-order valence-corrected chi connectivity index (χ0v) is 96.8. The zero-order chi connectivity index (χ0) is 111. The van der Waals surface area contributed by atoms with Gasteiger partial charge in [-0.25, -0.2) is 14.4 Å². The van der Waals surface area contributed by atoms with E-state index < -0.39 is 100 Å². The molecule has 2 aliphatic rings. The molecule has 24 nitrogen and oxygen atoms in total. The number of nitrogens with one attached hydrogen (secondary N) is 2. The minimum atomic E-state index is -0.558. The Morgan fingerprint density at radius 2 is 0.347 bits per heavy atom. The summed E-state index contributed by atoms with van der Waals surface area (Å²) in [6.07, 6.45) is 2.62. The molecule has 24 heteroatoms. The van der Waals surface area contributed by atoms with Crippen LogP contribution in [0.15, 0.2) is 97.1 Å². The van der Waals surface area contributed by atoms with Crippen molar-refractivity contribution in [3.8, 4) is 46.0 Å². The highest BCUT2D eigenvalue weighted by Crippen LogP contribution is 2.49. The fourth-order valence-electron chi connectivity index (χ4n) is 19.2. The fourth-order valence-corrected chi connectivity index (χ4v) is 19.2. The quantitative estimate of drug-likeness (QED) is 0.0207. The van der Waals surface area contributed by atoms with Crippen LogP contribution in [-0.2, 0) is 147 Å². The van der Waals surface area contributed by atoms with Crippen molar-refractivity contribution in [1.29, 1.82) is 0 Å². The molecule has 150 heavy (non-hydrogen) atoms. The van der Waals surface area contributed by atoms with Crippen LogP contribution in [0.4, 0.5) is 0 Å². The van der Waals surface area contributed by atoms with Crippen molar-refractivity contribution < 1.29 is 90.5 Å². The molecular weight excluding hydrogens is 1890 g/mol. The van der Waals surface area contributed by atoms with E-state index in [0.29, 0.717) is 98.1 Å². The predicted octanol–water partition coefficient (Wildman–Crippen LogP) is 22.5. The Hall–Kier alpha value is -12.1. The molecule has 8 aromatic carbocycles. The van der Waals surface area contributed by atoms with E-state index in [1.165, 1.54) is 0 Å². The first-order chi connectivity index (χ1) is 70.2. The van der Waals surface area contributed by atoms with Crippen LogP contribution in [0, 0.1) is 0 Å². The van der Waals surface area contributed by atoms with Gasteiger partial charge < -0.3 is 77.4 Å². The number of likely N-dealkylation sites (N-methyl/N-ethyl adjacent to an activating group) is 3. The SMILES string of the molecule is CCOC(=O)COc1c2cc(C(C)(C)C)cc1Cc1cc(C(C)(C)C)cc(c1OCC(=O)OCC)Cc1cc(C(C)(C)C)cc(c1OCC(=O)OCC)Cc1cc(C(C)(C)C)cc(c1OCC(=O)NCCCCNC(=O)COc1c3cc(C(C)(C)C)cc1Cc1cc(C(C)(C)C)cc(c1OCC(=O)N(CC)CC)Cc1cc(C(C)(C)C)cc(c1OCC(=O)N(CC)CC)Cc1cc(C(C)(C)C)cc(c1OCC(=O)N(CC)CC)C3)C2. The Morgan fingerprint density at radius 3 is 0.473 bits per heavy atom. The maximum Gasteiger partial charge on any atom is 0.344 e. The van der Waals surface area contributed by atoms with E-state index in [0.717, 1.165) is 134 Å². The van der Waals surface area contributed by atoms with Gasteiger partial charge in [0.1, 0.15) is 46.0 Å². The smallest absolute Gasteiger partial charge is 0.344 e. The number of hydrogen-bond donors (Lipinski definition) is 2. The average Bonchev–Trinajstić information content (AvgIpc) is 0.757. The van der Waals surface area contributed by atoms with Crippen molar-refractivity contribution in [2.24, 2.45) is 0 Å². The lowest BCUT2D eigenvalue weighted by molar-refractivity contribution is -0.146. The molecule has 0 spiro atoms. The summed E-state index contributed by atoms with van der Waals surface area (Å²) in [6.45, 7) is 70.0. The highest BCUT2D eigenvalue weighted by Gasteiger charge is 2.37. The number of unbranched alkanes of at least 4 members (excludes halogenated alkanes) is 1. The summed E-state index contributed by atoms with van der Waals surface area (Å²) in [5.74, 6) is 0.897. The molecule has 8 aromatic rings. The molecule has 16 bridgehead atoms. The Labute approximate surface area is 895 Å². The van der Waals surface area contributed by atoms with E-state index in [1.807, 2.05) is 41.5 Å². The van der Waals surface area contributed by atoms with Crippen molar-refractivity contribution in [3.05, 3.63) is 231 Å². The normalized spacial score (nSPS) is 13.0. The van der Waals surface area contributed by atoms with Gasteiger partial charge in [0.25, 0.3) is 29.5 Å². The number of carbonyl (C=O) groups is 8. The minimum Gasteiger partial charge on any atom is -0.483 e. The van der Waals surface area contributed by atoms with Gasteiger partial charge >= 0.3 is 17.9 Å². The molecule has 0 radical (unpaired) electrons. The van der Waals surface area contributed by atoms with Gasteiger partial charge in [0.2, 0.25) is 0 Å². The van der Waals surface area contributed by atoms with Crippen LogP contribution in [0.5, 0.6) is 46.0 Å². The summed E-state index contributed by atoms with van der Waals surface area (Å²) in [5, 5.41) is 6.31. The number of hydrogen-bond acceptors (Lipinski definition) is 19. The molecule has 10 rings (SSSR count). The summed E-state index contributed by atoms with van der Waals surface area (Å²) in [6, 6.07) is 34.5. The van der Waals surface area contributed by atoms with Crippen molar-refractivity contribution in [2.75, 3.05) is 125 Å². The highest BCUT2D eigenvalue weighted by atomic mass is 16.6. The predicted molar refractivity (Wildman–Crippen MR) is 596 cm³/mol. The number of benzene rings is 8. The molecule has 0 fully saturated rings. The molecule has 2 aliphatic carbocycles. The molecule has 0 unspecified atom stereocenters. The van der Waals surface area contributed by atoms with Crippen molar-refractivity contribution in [1.82, 2.24) is 25.3 Å². The van der Waals surface area contributed by atoms with Gasteiger partial charge in [0.15, 0.2) is 52.9 Å². The summed E-state index contributed by atoms with van der Waals surface area (Å²) in [4.78, 5) is 120. The number of esters is 3. The van der Waals surface area contributed by atoms with Crippen LogP contribution in [-0.4, -0.2) is 187 Å². The number of amides is 5. The highest BCUT2D eigenvalue weighted by molar-refractivity contribution is 5.81. The van der Waals surface area contributed by atoms with Crippen molar-refractivity contribution in [2.45, 2.75) is 336 Å². The lowest BCUT2D eigenvalue weighted by Crippen LogP contribution is -2.35. The van der Waals surface area contributed by atoms with Crippen molar-refractivity contribution in [3.63, 3.8) is 0 Å². The average molecular weight is 2060 g/mol. The van der Waals surface area contributed by atoms with Crippen LogP contribution >= 0.6 is 0 Å². The Bertz CT molecular complexity index is 5850. The molecule has 2 N–H and O–H groups in total. The maximum absolute atomic E-state index is 15.0. The first-order valence-corrected chi connectivity index (χ1v) is 54.4. The molecule has 0 aliphatic heterocycles. The first-order valence-electron chi connectivity index (χ1n) is 54.4. The number of carbonyl (C=O) groups excluding carboxylic acids is 8. The van der Waals surface area contributed by atoms with Gasteiger partial charge in [-0.3, -0.25) is 24.0 Å². The van der Waals surface area contributed by atoms with Gasteiger partial charge in [-0.05, 0) is 252 Å². The van der Waals surface area contributed by atoms with E-state index in [4.69, 9.17) is 52.1 Å². The monoisotopic (exact) mass is 2060 g/mol. The van der Waals surface area contributed by atoms with Crippen LogP contribution in [0.1, 0.15) is 375 Å². The fraction of sp³-hybridized carbons (Fsp3) is 0.556. The van der Waals surface area contributed by atoms with E-state index in [2.05, 4.69) is 274 Å². The third kappa shape index (κ3) is 32.0. The molecule has 5 amide bonds. The van der Waals surface area contributed by atoms with Gasteiger partial charge in [0.05, 0.1) is 19.8 Å². The third-order valence-electron chi connectivity index (χ3n) is 28.1. The standard InChI is InChI=1S/C126H175N5O19/c1-34-129(35-2)105(134)73-145-113-83-47-79-55-95(119(10,11)12)56-80(48-84-60-98(122(19,20)21)62-86(114(84)146-74-106(135)130(36-3)37-4)52-88-64-99(123(22,23)24)63-87(51-85(113)61-97(59-83)121(16,17)18)115(88)147-75-107(136)131(38-5)39-6)111(79)143-71-103(132)127-45-43-44-46-128-104(133)72-144-112-81-49-89-65-100(124(25,26)27)67-91(116(89)148-76-108(137)140-40-7)53-93-69-102(126(31,32)33)70-94(118(93)150-78-110(139)142-42-9)54-92-68-101(125(28,29)30)66-90(117(92)149-77-109(138)141-41-8)50-82(112)58-96(57-81)120(13,14)15/h55-70H,34-54,71-78H2,1-33H3,(H,127,132)(H,128,133). The molecule has 0 heterocycles. The van der Waals surface area contributed by atoms with E-state index in [1.54, 1.807) is 35.5 Å². The Kier molecular flexibility index (Phi) is 40.6. The Morgan fingerprint density at radius 1 is 0.213 bits per heavy atom. The van der Waals surface area contributed by atoms with Gasteiger partial charge in [0, 0.05) is 104 Å². The molecule has 0 saturated carbocycles. The topological polar surface area (TPSA) is 272 Å². The van der Waals surface area contributed by atoms with E-state index in [-0.39, 0.29) is 128 Å². The second-order valence-corrected chi connectivity index (χ2v) is 48.2. The summed E-state index contributed by atoms with van der Waals surface area (Å²) < 4.78 is 73.0. The van der Waals surface area contributed by atoms with Crippen LogP contribution in [0.2, 0.25) is 0 Å². The molecular formula is C126H175N5O19. The van der Waals surface area contributed by atoms with Crippen molar-refractivity contribution >= 4 is 47.4 Å². The van der Waals surface area contributed by atoms with Crippen LogP contribution in [0.3, 0.4) is 0 Å². The number of ether oxygens (including phenoxy) is 11. The summed E-state index contributed by atoms with van der Waals surface area (Å²) in [5.41, 5.74) is 16.6. The molecule has 0 aromatic heterocycles.